The molecule has 0 aliphatic heterocycles. The molecule has 1 N–H and O–H groups in total. The topological polar surface area (TPSA) is 95.2 Å². The number of fused-ring (bicyclic) bond motifs is 1. The van der Waals surface area contributed by atoms with E-state index >= 15 is 0 Å². The first kappa shape index (κ1) is 19.9. The Morgan fingerprint density at radius 2 is 1.71 bits per heavy atom. The van der Waals surface area contributed by atoms with E-state index in [1.807, 2.05) is 22.6 Å². The molecule has 0 saturated carbocycles. The molecule has 1 heterocycles. The van der Waals surface area contributed by atoms with Gasteiger partial charge in [0.15, 0.2) is 23.0 Å². The van der Waals surface area contributed by atoms with E-state index < -0.39 is 0 Å². The molecule has 0 unspecified atom stereocenters. The summed E-state index contributed by atoms with van der Waals surface area (Å²) in [5.74, 6) is 1.73. The second kappa shape index (κ2) is 8.05. The average molecular weight is 495 g/mol. The maximum Gasteiger partial charge on any atom is 0.282 e. The molecule has 1 aromatic heterocycles. The zero-order chi connectivity index (χ0) is 20.4. The van der Waals surface area contributed by atoms with Crippen molar-refractivity contribution in [3.63, 3.8) is 0 Å². The summed E-state index contributed by atoms with van der Waals surface area (Å²) in [6.07, 6.45) is 1.51. The molecule has 0 spiro atoms. The van der Waals surface area contributed by atoms with Gasteiger partial charge in [0.1, 0.15) is 5.82 Å². The van der Waals surface area contributed by atoms with Gasteiger partial charge in [-0.05, 0) is 53.3 Å². The van der Waals surface area contributed by atoms with Crippen molar-refractivity contribution in [3.8, 4) is 23.0 Å². The van der Waals surface area contributed by atoms with Gasteiger partial charge >= 0.3 is 0 Å². The van der Waals surface area contributed by atoms with Gasteiger partial charge in [-0.3, -0.25) is 4.79 Å². The molecule has 0 aliphatic rings. The molecular weight excluding hydrogens is 477 g/mol. The zero-order valence-corrected chi connectivity index (χ0v) is 17.8. The van der Waals surface area contributed by atoms with E-state index in [0.29, 0.717) is 43.1 Å². The highest BCUT2D eigenvalue weighted by Gasteiger charge is 2.13. The van der Waals surface area contributed by atoms with Crippen molar-refractivity contribution in [1.29, 1.82) is 0 Å². The lowest BCUT2D eigenvalue weighted by molar-refractivity contribution is 0.355. The van der Waals surface area contributed by atoms with Crippen LogP contribution in [0.15, 0.2) is 34.2 Å². The van der Waals surface area contributed by atoms with Crippen molar-refractivity contribution >= 4 is 39.7 Å². The minimum atomic E-state index is -0.333. The third-order valence-corrected chi connectivity index (χ3v) is 4.93. The number of benzene rings is 2. The van der Waals surface area contributed by atoms with E-state index in [1.54, 1.807) is 31.2 Å². The molecule has 0 bridgehead atoms. The van der Waals surface area contributed by atoms with Crippen LogP contribution in [0.1, 0.15) is 11.4 Å². The Morgan fingerprint density at radius 1 is 1.07 bits per heavy atom. The predicted octanol–water partition coefficient (Wildman–Crippen LogP) is 2.92. The Morgan fingerprint density at radius 3 is 2.36 bits per heavy atom. The molecule has 3 aromatic rings. The zero-order valence-electron chi connectivity index (χ0n) is 15.7. The van der Waals surface area contributed by atoms with Crippen molar-refractivity contribution in [3.05, 3.63) is 49.6 Å². The number of hydrogen-bond donors (Lipinski definition) is 1. The molecule has 0 amide bonds. The number of phenols is 1. The maximum atomic E-state index is 12.9. The quantitative estimate of drug-likeness (QED) is 0.432. The summed E-state index contributed by atoms with van der Waals surface area (Å²) < 4.78 is 17.5. The van der Waals surface area contributed by atoms with Crippen molar-refractivity contribution in [2.45, 2.75) is 6.92 Å². The normalized spacial score (nSPS) is 11.2. The van der Waals surface area contributed by atoms with Gasteiger partial charge in [0.2, 0.25) is 0 Å². The van der Waals surface area contributed by atoms with Gasteiger partial charge in [0, 0.05) is 6.07 Å². The largest absolute Gasteiger partial charge is 0.504 e. The summed E-state index contributed by atoms with van der Waals surface area (Å²) in [7, 11) is 4.49. The molecule has 8 nitrogen and oxygen atoms in total. The molecule has 2 aromatic carbocycles. The van der Waals surface area contributed by atoms with Crippen LogP contribution in [0.25, 0.3) is 10.9 Å². The van der Waals surface area contributed by atoms with E-state index in [-0.39, 0.29) is 11.3 Å². The fourth-order valence-electron chi connectivity index (χ4n) is 2.70. The highest BCUT2D eigenvalue weighted by atomic mass is 127. The van der Waals surface area contributed by atoms with Crippen molar-refractivity contribution in [1.82, 2.24) is 9.66 Å². The molecular formula is C19H18IN3O5. The summed E-state index contributed by atoms with van der Waals surface area (Å²) in [4.78, 5) is 17.4. The Bertz CT molecular complexity index is 1140. The first-order chi connectivity index (χ1) is 13.4. The Labute approximate surface area is 174 Å². The number of aromatic hydroxyl groups is 1. The first-order valence-corrected chi connectivity index (χ1v) is 9.23. The lowest BCUT2D eigenvalue weighted by Gasteiger charge is -2.10. The Hall–Kier alpha value is -2.82. The minimum Gasteiger partial charge on any atom is -0.504 e. The van der Waals surface area contributed by atoms with Crippen LogP contribution in [0.2, 0.25) is 0 Å². The fourth-order valence-corrected chi connectivity index (χ4v) is 3.32. The van der Waals surface area contributed by atoms with Crippen molar-refractivity contribution in [2.75, 3.05) is 21.3 Å². The number of halogens is 1. The Kier molecular flexibility index (Phi) is 5.73. The lowest BCUT2D eigenvalue weighted by atomic mass is 10.2. The molecule has 0 atom stereocenters. The first-order valence-electron chi connectivity index (χ1n) is 8.15. The van der Waals surface area contributed by atoms with Crippen LogP contribution >= 0.6 is 22.6 Å². The molecule has 0 aliphatic carbocycles. The van der Waals surface area contributed by atoms with Gasteiger partial charge in [0.05, 0.1) is 42.0 Å². The van der Waals surface area contributed by atoms with E-state index in [2.05, 4.69) is 10.1 Å². The third-order valence-electron chi connectivity index (χ3n) is 4.11. The molecule has 28 heavy (non-hydrogen) atoms. The smallest absolute Gasteiger partial charge is 0.282 e. The third kappa shape index (κ3) is 3.61. The van der Waals surface area contributed by atoms with Gasteiger partial charge in [-0.2, -0.15) is 9.78 Å². The number of rotatable bonds is 5. The van der Waals surface area contributed by atoms with Gasteiger partial charge in [-0.1, -0.05) is 0 Å². The molecule has 146 valence electrons. The van der Waals surface area contributed by atoms with Gasteiger partial charge in [-0.15, -0.1) is 0 Å². The van der Waals surface area contributed by atoms with E-state index in [1.165, 1.54) is 32.2 Å². The van der Waals surface area contributed by atoms with Gasteiger partial charge in [0.25, 0.3) is 5.56 Å². The summed E-state index contributed by atoms with van der Waals surface area (Å²) >= 11 is 1.99. The van der Waals surface area contributed by atoms with Gasteiger partial charge in [-0.25, -0.2) is 4.98 Å². The summed E-state index contributed by atoms with van der Waals surface area (Å²) in [6.45, 7) is 1.69. The number of methoxy groups -OCH3 is 3. The number of ether oxygens (including phenoxy) is 3. The lowest BCUT2D eigenvalue weighted by Crippen LogP contribution is -2.20. The van der Waals surface area contributed by atoms with Crippen molar-refractivity contribution < 1.29 is 19.3 Å². The second-order valence-electron chi connectivity index (χ2n) is 5.80. The van der Waals surface area contributed by atoms with E-state index in [0.717, 1.165) is 0 Å². The monoisotopic (exact) mass is 495 g/mol. The van der Waals surface area contributed by atoms with Crippen molar-refractivity contribution in [2.24, 2.45) is 5.10 Å². The number of hydrogen-bond acceptors (Lipinski definition) is 7. The maximum absolute atomic E-state index is 12.9. The SMILES string of the molecule is COc1cc2nc(C)n(/N=C/c3cc(I)c(O)c(OC)c3)c(=O)c2cc1OC. The van der Waals surface area contributed by atoms with Gasteiger partial charge < -0.3 is 19.3 Å². The van der Waals surface area contributed by atoms with Crippen LogP contribution in [-0.4, -0.2) is 42.3 Å². The van der Waals surface area contributed by atoms with Crippen LogP contribution in [0, 0.1) is 10.5 Å². The molecule has 0 fully saturated rings. The second-order valence-corrected chi connectivity index (χ2v) is 6.96. The number of aryl methyl sites for hydroxylation is 1. The van der Waals surface area contributed by atoms with Crippen LogP contribution in [0.3, 0.4) is 0 Å². The number of aromatic nitrogens is 2. The minimum absolute atomic E-state index is 0.0574. The summed E-state index contributed by atoms with van der Waals surface area (Å²) in [6, 6.07) is 6.60. The molecule has 9 heteroatoms. The average Bonchev–Trinajstić information content (AvgIpc) is 2.69. The summed E-state index contributed by atoms with van der Waals surface area (Å²) in [5.41, 5.74) is 0.824. The fraction of sp³-hybridized carbons (Fsp3) is 0.211. The summed E-state index contributed by atoms with van der Waals surface area (Å²) in [5, 5.41) is 14.6. The van der Waals surface area contributed by atoms with E-state index in [9.17, 15) is 9.90 Å². The molecule has 0 saturated heterocycles. The van der Waals surface area contributed by atoms with Crippen LogP contribution in [0.5, 0.6) is 23.0 Å². The van der Waals surface area contributed by atoms with Crippen LogP contribution in [-0.2, 0) is 0 Å². The van der Waals surface area contributed by atoms with Crippen LogP contribution < -0.4 is 19.8 Å². The number of nitrogens with zero attached hydrogens (tertiary/aromatic N) is 3. The predicted molar refractivity (Wildman–Crippen MR) is 114 cm³/mol. The molecule has 3 rings (SSSR count). The number of phenolic OH excluding ortho intramolecular Hbond substituents is 1. The highest BCUT2D eigenvalue weighted by Crippen LogP contribution is 2.32. The highest BCUT2D eigenvalue weighted by molar-refractivity contribution is 14.1. The standard InChI is InChI=1S/C19H18IN3O5/c1-10-22-14-8-16(27-3)15(26-2)7-12(14)19(25)23(10)21-9-11-5-13(20)18(24)17(6-11)28-4/h5-9,24H,1-4H3/b21-9+. The Balaban J connectivity index is 2.12. The molecule has 0 radical (unpaired) electrons. The van der Waals surface area contributed by atoms with E-state index in [4.69, 9.17) is 14.2 Å². The van der Waals surface area contributed by atoms with Crippen LogP contribution in [0.4, 0.5) is 0 Å².